The van der Waals surface area contributed by atoms with E-state index in [1.54, 1.807) is 24.3 Å². The van der Waals surface area contributed by atoms with E-state index in [4.69, 9.17) is 5.11 Å². The first-order chi connectivity index (χ1) is 8.13. The molecular formula is C12H16N2O3. The number of rotatable bonds is 5. The van der Waals surface area contributed by atoms with Crippen molar-refractivity contribution in [3.63, 3.8) is 0 Å². The summed E-state index contributed by atoms with van der Waals surface area (Å²) in [5, 5.41) is 14.0. The highest BCUT2D eigenvalue weighted by atomic mass is 16.4. The summed E-state index contributed by atoms with van der Waals surface area (Å²) in [7, 11) is 0. The van der Waals surface area contributed by atoms with Crippen molar-refractivity contribution in [3.8, 4) is 0 Å². The van der Waals surface area contributed by atoms with Crippen molar-refractivity contribution in [2.75, 3.05) is 13.1 Å². The zero-order chi connectivity index (χ0) is 12.7. The van der Waals surface area contributed by atoms with Gasteiger partial charge < -0.3 is 15.7 Å². The molecule has 0 spiro atoms. The van der Waals surface area contributed by atoms with Crippen LogP contribution in [-0.4, -0.2) is 30.2 Å². The molecule has 0 aromatic heterocycles. The minimum absolute atomic E-state index is 0.186. The van der Waals surface area contributed by atoms with E-state index in [0.717, 1.165) is 5.56 Å². The molecule has 0 aliphatic heterocycles. The third-order valence-corrected chi connectivity index (χ3v) is 2.24. The Hall–Kier alpha value is -2.04. The summed E-state index contributed by atoms with van der Waals surface area (Å²) < 4.78 is 0. The second kappa shape index (κ2) is 6.52. The first kappa shape index (κ1) is 13.0. The molecule has 5 nitrogen and oxygen atoms in total. The average Bonchev–Trinajstić information content (AvgIpc) is 2.30. The maximum absolute atomic E-state index is 11.1. The summed E-state index contributed by atoms with van der Waals surface area (Å²) in [6, 6.07) is 6.44. The maximum Gasteiger partial charge on any atom is 0.335 e. The molecule has 0 radical (unpaired) electrons. The molecule has 0 fully saturated rings. The number of benzene rings is 1. The Bertz CT molecular complexity index is 387. The molecule has 0 saturated carbocycles. The van der Waals surface area contributed by atoms with Gasteiger partial charge >= 0.3 is 12.0 Å². The molecule has 5 heteroatoms. The smallest absolute Gasteiger partial charge is 0.335 e. The lowest BCUT2D eigenvalue weighted by Crippen LogP contribution is -2.36. The van der Waals surface area contributed by atoms with E-state index in [1.165, 1.54) is 0 Å². The number of urea groups is 1. The van der Waals surface area contributed by atoms with Crippen molar-refractivity contribution in [1.82, 2.24) is 10.6 Å². The van der Waals surface area contributed by atoms with Gasteiger partial charge in [0.15, 0.2) is 0 Å². The minimum atomic E-state index is -0.933. The molecule has 1 rings (SSSR count). The lowest BCUT2D eigenvalue weighted by molar-refractivity contribution is 0.0697. The van der Waals surface area contributed by atoms with E-state index in [2.05, 4.69) is 10.6 Å². The first-order valence-corrected chi connectivity index (χ1v) is 5.47. The fourth-order valence-corrected chi connectivity index (χ4v) is 1.36. The number of aromatic carboxylic acids is 1. The topological polar surface area (TPSA) is 78.4 Å². The Morgan fingerprint density at radius 2 is 1.82 bits per heavy atom. The van der Waals surface area contributed by atoms with Gasteiger partial charge in [0.2, 0.25) is 0 Å². The number of carboxylic acid groups (broad SMARTS) is 1. The van der Waals surface area contributed by atoms with Crippen LogP contribution in [0.4, 0.5) is 4.79 Å². The predicted molar refractivity (Wildman–Crippen MR) is 64.2 cm³/mol. The SMILES string of the molecule is CCNC(=O)NCCc1ccc(C(=O)O)cc1. The van der Waals surface area contributed by atoms with Crippen LogP contribution in [0.1, 0.15) is 22.8 Å². The fraction of sp³-hybridized carbons (Fsp3) is 0.333. The predicted octanol–water partition coefficient (Wildman–Crippen LogP) is 1.25. The van der Waals surface area contributed by atoms with Crippen LogP contribution in [0.25, 0.3) is 0 Å². The monoisotopic (exact) mass is 236 g/mol. The van der Waals surface area contributed by atoms with Crippen LogP contribution in [0.5, 0.6) is 0 Å². The molecule has 0 unspecified atom stereocenters. The summed E-state index contributed by atoms with van der Waals surface area (Å²) in [5.41, 5.74) is 1.26. The van der Waals surface area contributed by atoms with Crippen LogP contribution >= 0.6 is 0 Å². The molecule has 0 saturated heterocycles. The Balaban J connectivity index is 2.37. The largest absolute Gasteiger partial charge is 0.478 e. The van der Waals surface area contributed by atoms with Crippen molar-refractivity contribution in [2.45, 2.75) is 13.3 Å². The minimum Gasteiger partial charge on any atom is -0.478 e. The summed E-state index contributed by atoms with van der Waals surface area (Å²) in [5.74, 6) is -0.933. The Kier molecular flexibility index (Phi) is 5.00. The van der Waals surface area contributed by atoms with Crippen molar-refractivity contribution < 1.29 is 14.7 Å². The van der Waals surface area contributed by atoms with Crippen LogP contribution in [-0.2, 0) is 6.42 Å². The third-order valence-electron chi connectivity index (χ3n) is 2.24. The number of carbonyl (C=O) groups excluding carboxylic acids is 1. The molecule has 1 aromatic carbocycles. The number of amides is 2. The lowest BCUT2D eigenvalue weighted by Gasteiger charge is -2.05. The molecule has 0 aliphatic carbocycles. The van der Waals surface area contributed by atoms with Crippen molar-refractivity contribution in [3.05, 3.63) is 35.4 Å². The van der Waals surface area contributed by atoms with Crippen LogP contribution in [0.3, 0.4) is 0 Å². The normalized spacial score (nSPS) is 9.71. The lowest BCUT2D eigenvalue weighted by atomic mass is 10.1. The second-order valence-corrected chi connectivity index (χ2v) is 3.54. The Morgan fingerprint density at radius 3 is 2.35 bits per heavy atom. The Morgan fingerprint density at radius 1 is 1.18 bits per heavy atom. The van der Waals surface area contributed by atoms with Gasteiger partial charge in [-0.15, -0.1) is 0 Å². The highest BCUT2D eigenvalue weighted by molar-refractivity contribution is 5.87. The van der Waals surface area contributed by atoms with Crippen LogP contribution < -0.4 is 10.6 Å². The van der Waals surface area contributed by atoms with E-state index in [0.29, 0.717) is 19.5 Å². The van der Waals surface area contributed by atoms with Gasteiger partial charge in [0, 0.05) is 13.1 Å². The van der Waals surface area contributed by atoms with E-state index in [-0.39, 0.29) is 11.6 Å². The highest BCUT2D eigenvalue weighted by Crippen LogP contribution is 2.04. The molecule has 0 atom stereocenters. The molecule has 0 heterocycles. The summed E-state index contributed by atoms with van der Waals surface area (Å²) >= 11 is 0. The van der Waals surface area contributed by atoms with Gasteiger partial charge in [-0.2, -0.15) is 0 Å². The number of carboxylic acids is 1. The third kappa shape index (κ3) is 4.55. The molecule has 3 N–H and O–H groups in total. The first-order valence-electron chi connectivity index (χ1n) is 5.47. The van der Waals surface area contributed by atoms with Gasteiger partial charge in [-0.3, -0.25) is 0 Å². The quantitative estimate of drug-likeness (QED) is 0.719. The van der Waals surface area contributed by atoms with Gasteiger partial charge in [-0.05, 0) is 31.0 Å². The number of nitrogens with one attached hydrogen (secondary N) is 2. The molecule has 0 aliphatic rings. The number of hydrogen-bond acceptors (Lipinski definition) is 2. The van der Waals surface area contributed by atoms with E-state index >= 15 is 0 Å². The second-order valence-electron chi connectivity index (χ2n) is 3.54. The van der Waals surface area contributed by atoms with Crippen molar-refractivity contribution >= 4 is 12.0 Å². The number of hydrogen-bond donors (Lipinski definition) is 3. The van der Waals surface area contributed by atoms with Crippen LogP contribution in [0, 0.1) is 0 Å². The zero-order valence-electron chi connectivity index (χ0n) is 9.69. The van der Waals surface area contributed by atoms with E-state index in [9.17, 15) is 9.59 Å². The van der Waals surface area contributed by atoms with E-state index < -0.39 is 5.97 Å². The molecule has 92 valence electrons. The van der Waals surface area contributed by atoms with Gasteiger partial charge in [-0.25, -0.2) is 9.59 Å². The standard InChI is InChI=1S/C12H16N2O3/c1-2-13-12(17)14-8-7-9-3-5-10(6-4-9)11(15)16/h3-6H,2,7-8H2,1H3,(H,15,16)(H2,13,14,17). The molecular weight excluding hydrogens is 220 g/mol. The van der Waals surface area contributed by atoms with E-state index in [1.807, 2.05) is 6.92 Å². The average molecular weight is 236 g/mol. The fourth-order valence-electron chi connectivity index (χ4n) is 1.36. The van der Waals surface area contributed by atoms with Crippen molar-refractivity contribution in [1.29, 1.82) is 0 Å². The summed E-state index contributed by atoms with van der Waals surface area (Å²) in [4.78, 5) is 21.7. The molecule has 1 aromatic rings. The van der Waals surface area contributed by atoms with Gasteiger partial charge in [0.05, 0.1) is 5.56 Å². The van der Waals surface area contributed by atoms with Gasteiger partial charge in [0.1, 0.15) is 0 Å². The van der Waals surface area contributed by atoms with Crippen LogP contribution in [0.15, 0.2) is 24.3 Å². The zero-order valence-corrected chi connectivity index (χ0v) is 9.69. The summed E-state index contributed by atoms with van der Waals surface area (Å²) in [6.45, 7) is 2.97. The van der Waals surface area contributed by atoms with Gasteiger partial charge in [-0.1, -0.05) is 12.1 Å². The Labute approximate surface area is 99.8 Å². The van der Waals surface area contributed by atoms with Crippen molar-refractivity contribution in [2.24, 2.45) is 0 Å². The summed E-state index contributed by atoms with van der Waals surface area (Å²) in [6.07, 6.45) is 0.678. The maximum atomic E-state index is 11.1. The molecule has 17 heavy (non-hydrogen) atoms. The molecule has 0 bridgehead atoms. The highest BCUT2D eigenvalue weighted by Gasteiger charge is 2.02. The number of carbonyl (C=O) groups is 2. The van der Waals surface area contributed by atoms with Crippen LogP contribution in [0.2, 0.25) is 0 Å². The van der Waals surface area contributed by atoms with Gasteiger partial charge in [0.25, 0.3) is 0 Å². The molecule has 2 amide bonds.